The number of rotatable bonds is 9. The Labute approximate surface area is 205 Å². The highest BCUT2D eigenvalue weighted by atomic mass is 16.5. The predicted octanol–water partition coefficient (Wildman–Crippen LogP) is 4.32. The number of carboxylic acid groups (broad SMARTS) is 1. The summed E-state index contributed by atoms with van der Waals surface area (Å²) >= 11 is 0. The van der Waals surface area contributed by atoms with Crippen LogP contribution in [-0.4, -0.2) is 51.8 Å². The van der Waals surface area contributed by atoms with E-state index in [2.05, 4.69) is 45.7 Å². The smallest absolute Gasteiger partial charge is 0.335 e. The molecule has 1 unspecified atom stereocenters. The fraction of sp³-hybridized carbons (Fsp3) is 0.464. The molecule has 0 spiro atoms. The van der Waals surface area contributed by atoms with Gasteiger partial charge >= 0.3 is 5.97 Å². The van der Waals surface area contributed by atoms with Gasteiger partial charge in [-0.2, -0.15) is 4.98 Å². The molecule has 1 aromatic heterocycles. The van der Waals surface area contributed by atoms with Gasteiger partial charge < -0.3 is 14.9 Å². The van der Waals surface area contributed by atoms with Gasteiger partial charge in [-0.15, -0.1) is 0 Å². The zero-order valence-corrected chi connectivity index (χ0v) is 19.9. The highest BCUT2D eigenvalue weighted by molar-refractivity contribution is 5.87. The summed E-state index contributed by atoms with van der Waals surface area (Å²) < 4.78 is 5.77. The van der Waals surface area contributed by atoms with Crippen molar-refractivity contribution in [1.29, 1.82) is 0 Å². The number of piperidine rings is 1. The maximum absolute atomic E-state index is 11.0. The molecule has 2 heterocycles. The van der Waals surface area contributed by atoms with Crippen LogP contribution in [0.25, 0.3) is 0 Å². The number of aromatic nitrogens is 2. The average Bonchev–Trinajstić information content (AvgIpc) is 3.80. The molecule has 3 fully saturated rings. The van der Waals surface area contributed by atoms with Crippen molar-refractivity contribution in [3.05, 3.63) is 83.0 Å². The Hall–Kier alpha value is -3.03. The van der Waals surface area contributed by atoms with E-state index >= 15 is 0 Å². The number of nitrogens with one attached hydrogen (secondary N) is 1. The van der Waals surface area contributed by atoms with E-state index in [0.29, 0.717) is 23.4 Å². The van der Waals surface area contributed by atoms with Crippen molar-refractivity contribution in [2.75, 3.05) is 19.6 Å². The highest BCUT2D eigenvalue weighted by Crippen LogP contribution is 2.48. The monoisotopic (exact) mass is 472 g/mol. The zero-order chi connectivity index (χ0) is 23.8. The molecule has 7 heteroatoms. The van der Waals surface area contributed by atoms with E-state index in [1.165, 1.54) is 12.0 Å². The molecule has 7 nitrogen and oxygen atoms in total. The minimum atomic E-state index is -0.885. The maximum atomic E-state index is 11.0. The lowest BCUT2D eigenvalue weighted by Crippen LogP contribution is -2.32. The van der Waals surface area contributed by atoms with Gasteiger partial charge in [0.15, 0.2) is 5.82 Å². The molecular weight excluding hydrogens is 440 g/mol. The second-order valence-electron chi connectivity index (χ2n) is 10.5. The van der Waals surface area contributed by atoms with Gasteiger partial charge in [-0.3, -0.25) is 4.90 Å². The van der Waals surface area contributed by atoms with Crippen LogP contribution in [-0.2, 0) is 12.0 Å². The minimum absolute atomic E-state index is 0.0500. The Bertz CT molecular complexity index is 1160. The van der Waals surface area contributed by atoms with E-state index in [0.717, 1.165) is 69.1 Å². The molecule has 0 amide bonds. The van der Waals surface area contributed by atoms with Crippen LogP contribution in [0.5, 0.6) is 0 Å². The van der Waals surface area contributed by atoms with E-state index in [-0.39, 0.29) is 5.41 Å². The average molecular weight is 473 g/mol. The van der Waals surface area contributed by atoms with Crippen LogP contribution in [0.3, 0.4) is 0 Å². The molecule has 182 valence electrons. The molecule has 2 aliphatic carbocycles. The van der Waals surface area contributed by atoms with Crippen LogP contribution in [0.4, 0.5) is 0 Å². The second kappa shape index (κ2) is 9.21. The molecule has 1 aliphatic heterocycles. The Morgan fingerprint density at radius 2 is 1.83 bits per heavy atom. The second-order valence-corrected chi connectivity index (χ2v) is 10.5. The highest BCUT2D eigenvalue weighted by Gasteiger charge is 2.50. The normalized spacial score (nSPS) is 23.8. The van der Waals surface area contributed by atoms with Crippen LogP contribution < -0.4 is 5.32 Å². The van der Waals surface area contributed by atoms with Gasteiger partial charge in [0.05, 0.1) is 5.56 Å². The van der Waals surface area contributed by atoms with Gasteiger partial charge in [0.1, 0.15) is 0 Å². The molecule has 2 saturated carbocycles. The minimum Gasteiger partial charge on any atom is -0.478 e. The topological polar surface area (TPSA) is 91.5 Å². The Kier molecular flexibility index (Phi) is 5.90. The predicted molar refractivity (Wildman–Crippen MR) is 131 cm³/mol. The van der Waals surface area contributed by atoms with Crippen molar-refractivity contribution < 1.29 is 14.4 Å². The molecule has 2 aromatic carbocycles. The molecule has 3 aromatic rings. The summed E-state index contributed by atoms with van der Waals surface area (Å²) in [5.41, 5.74) is 2.95. The largest absolute Gasteiger partial charge is 0.478 e. The zero-order valence-electron chi connectivity index (χ0n) is 19.9. The van der Waals surface area contributed by atoms with E-state index in [4.69, 9.17) is 14.6 Å². The summed E-state index contributed by atoms with van der Waals surface area (Å²) in [5.74, 6) is 1.75. The van der Waals surface area contributed by atoms with E-state index in [9.17, 15) is 4.79 Å². The first-order chi connectivity index (χ1) is 17.1. The number of likely N-dealkylation sites (tertiary alicyclic amines) is 1. The first-order valence-corrected chi connectivity index (χ1v) is 12.8. The van der Waals surface area contributed by atoms with E-state index < -0.39 is 5.97 Å². The van der Waals surface area contributed by atoms with Crippen LogP contribution in [0.2, 0.25) is 0 Å². The first kappa shape index (κ1) is 22.4. The number of nitrogens with zero attached hydrogens (tertiary/aromatic N) is 3. The standard InChI is InChI=1S/C28H32N4O3/c33-26(34)22-8-6-19(7-9-22)17-32-14-10-21(11-15-32)25-30-27(31-35-25)28(12-13-28)18-29-24-16-23(24)20-4-2-1-3-5-20/h1-9,21,23-24,29H,10-18H2,(H,33,34)/t23?,24-/m1/s1. The SMILES string of the molecule is O=C(O)c1ccc(CN2CCC(c3nc(C4(CN[C@@H]5CC5c5ccccc5)CC4)no3)CC2)cc1. The molecule has 1 saturated heterocycles. The van der Waals surface area contributed by atoms with Gasteiger partial charge in [-0.05, 0) is 68.5 Å². The Morgan fingerprint density at radius 1 is 1.09 bits per heavy atom. The van der Waals surface area contributed by atoms with E-state index in [1.54, 1.807) is 12.1 Å². The molecular formula is C28H32N4O3. The molecule has 2 atom stereocenters. The quantitative estimate of drug-likeness (QED) is 0.479. The van der Waals surface area contributed by atoms with Gasteiger partial charge in [-0.1, -0.05) is 47.6 Å². The lowest BCUT2D eigenvalue weighted by Gasteiger charge is -2.30. The molecule has 2 N–H and O–H groups in total. The molecule has 0 bridgehead atoms. The van der Waals surface area contributed by atoms with Gasteiger partial charge in [0.2, 0.25) is 5.89 Å². The molecule has 0 radical (unpaired) electrons. The summed E-state index contributed by atoms with van der Waals surface area (Å²) in [6.45, 7) is 3.71. The number of aromatic carboxylic acids is 1. The number of hydrogen-bond donors (Lipinski definition) is 2. The fourth-order valence-electron chi connectivity index (χ4n) is 5.41. The summed E-state index contributed by atoms with van der Waals surface area (Å²) in [7, 11) is 0. The van der Waals surface area contributed by atoms with Crippen molar-refractivity contribution in [2.24, 2.45) is 0 Å². The summed E-state index contributed by atoms with van der Waals surface area (Å²) in [6.07, 6.45) is 5.46. The third kappa shape index (κ3) is 4.88. The summed E-state index contributed by atoms with van der Waals surface area (Å²) in [5, 5.41) is 17.3. The van der Waals surface area contributed by atoms with Crippen LogP contribution >= 0.6 is 0 Å². The maximum Gasteiger partial charge on any atom is 0.335 e. The van der Waals surface area contributed by atoms with Crippen LogP contribution in [0.15, 0.2) is 59.1 Å². The van der Waals surface area contributed by atoms with Crippen molar-refractivity contribution >= 4 is 5.97 Å². The third-order valence-electron chi connectivity index (χ3n) is 8.03. The van der Waals surface area contributed by atoms with Crippen molar-refractivity contribution in [2.45, 2.75) is 61.9 Å². The number of benzene rings is 2. The first-order valence-electron chi connectivity index (χ1n) is 12.8. The number of carbonyl (C=O) groups is 1. The van der Waals surface area contributed by atoms with Gasteiger partial charge in [0, 0.05) is 36.4 Å². The van der Waals surface area contributed by atoms with Crippen molar-refractivity contribution in [3.8, 4) is 0 Å². The Morgan fingerprint density at radius 3 is 2.51 bits per heavy atom. The fourth-order valence-corrected chi connectivity index (χ4v) is 5.41. The molecule has 35 heavy (non-hydrogen) atoms. The lowest BCUT2D eigenvalue weighted by molar-refractivity contribution is 0.0697. The van der Waals surface area contributed by atoms with Crippen molar-refractivity contribution in [1.82, 2.24) is 20.4 Å². The van der Waals surface area contributed by atoms with E-state index in [1.807, 2.05) is 12.1 Å². The number of carboxylic acids is 1. The lowest BCUT2D eigenvalue weighted by atomic mass is 9.96. The third-order valence-corrected chi connectivity index (χ3v) is 8.03. The number of hydrogen-bond acceptors (Lipinski definition) is 6. The summed E-state index contributed by atoms with van der Waals surface area (Å²) in [4.78, 5) is 18.3. The van der Waals surface area contributed by atoms with Gasteiger partial charge in [0.25, 0.3) is 0 Å². The van der Waals surface area contributed by atoms with Crippen molar-refractivity contribution in [3.63, 3.8) is 0 Å². The molecule has 6 rings (SSSR count). The molecule has 3 aliphatic rings. The Balaban J connectivity index is 0.995. The van der Waals surface area contributed by atoms with Crippen LogP contribution in [0, 0.1) is 0 Å². The van der Waals surface area contributed by atoms with Gasteiger partial charge in [-0.25, -0.2) is 4.79 Å². The van der Waals surface area contributed by atoms with Crippen LogP contribution in [0.1, 0.15) is 77.1 Å². The summed E-state index contributed by atoms with van der Waals surface area (Å²) in [6, 6.07) is 18.5.